The molecule has 7 aliphatic rings. The second-order valence-corrected chi connectivity index (χ2v) is 7.63. The average Bonchev–Trinajstić information content (AvgIpc) is 2.23. The summed E-state index contributed by atoms with van der Waals surface area (Å²) in [5, 5.41) is 0. The van der Waals surface area contributed by atoms with Crippen molar-refractivity contribution in [3.8, 4) is 0 Å². The van der Waals surface area contributed by atoms with Gasteiger partial charge in [-0.1, -0.05) is 0 Å². The van der Waals surface area contributed by atoms with E-state index in [1.165, 1.54) is 0 Å². The molecular formula is C14H17F3. The first-order valence-corrected chi connectivity index (χ1v) is 6.99. The summed E-state index contributed by atoms with van der Waals surface area (Å²) >= 11 is 0. The fraction of sp³-hybridized carbons (Fsp3) is 1.00. The Balaban J connectivity index is 1.72. The Kier molecular flexibility index (Phi) is 1.31. The first kappa shape index (κ1) is 9.69. The molecule has 0 amide bonds. The van der Waals surface area contributed by atoms with Crippen molar-refractivity contribution in [3.05, 3.63) is 0 Å². The molecule has 0 nitrogen and oxygen atoms in total. The third-order valence-corrected chi connectivity index (χ3v) is 6.93. The van der Waals surface area contributed by atoms with E-state index in [0.717, 1.165) is 0 Å². The third kappa shape index (κ3) is 0.869. The second-order valence-electron chi connectivity index (χ2n) is 7.63. The van der Waals surface area contributed by atoms with Gasteiger partial charge in [-0.05, 0) is 61.7 Å². The first-order valence-electron chi connectivity index (χ1n) is 6.99. The Hall–Kier alpha value is -0.210. The van der Waals surface area contributed by atoms with E-state index >= 15 is 4.39 Å². The SMILES string of the molecule is FC12CC3C4CC5(F)CC3C(C1)C(F)(C5)C4C2. The quantitative estimate of drug-likeness (QED) is 0.609. The van der Waals surface area contributed by atoms with Crippen LogP contribution in [0, 0.1) is 29.6 Å². The molecule has 3 heteroatoms. The van der Waals surface area contributed by atoms with Crippen LogP contribution in [0.15, 0.2) is 0 Å². The van der Waals surface area contributed by atoms with Gasteiger partial charge in [-0.2, -0.15) is 0 Å². The lowest BCUT2D eigenvalue weighted by Crippen LogP contribution is -2.75. The Morgan fingerprint density at radius 2 is 1.18 bits per heavy atom. The maximum Gasteiger partial charge on any atom is 0.120 e. The summed E-state index contributed by atoms with van der Waals surface area (Å²) in [6.45, 7) is 0. The van der Waals surface area contributed by atoms with Crippen LogP contribution in [0.3, 0.4) is 0 Å². The van der Waals surface area contributed by atoms with Crippen LogP contribution in [-0.4, -0.2) is 17.0 Å². The normalized spacial score (nSPS) is 74.6. The van der Waals surface area contributed by atoms with Crippen LogP contribution < -0.4 is 0 Å². The standard InChI is InChI=1S/C14H17F3/c15-12-1-7-8-2-13(16)3-9(7)11(5-12)14(17,6-13)10(8)4-12/h7-11H,1-6H2. The molecule has 8 bridgehead atoms. The van der Waals surface area contributed by atoms with Gasteiger partial charge in [0.25, 0.3) is 0 Å². The molecule has 7 rings (SSSR count). The number of rotatable bonds is 0. The monoisotopic (exact) mass is 242 g/mol. The molecule has 7 fully saturated rings. The van der Waals surface area contributed by atoms with Crippen LogP contribution in [0.4, 0.5) is 13.2 Å². The van der Waals surface area contributed by atoms with Gasteiger partial charge in [-0.25, -0.2) is 13.2 Å². The Bertz CT molecular complexity index is 394. The molecule has 0 heterocycles. The molecule has 17 heavy (non-hydrogen) atoms. The van der Waals surface area contributed by atoms with Gasteiger partial charge in [0.2, 0.25) is 0 Å². The van der Waals surface area contributed by atoms with Gasteiger partial charge in [-0.15, -0.1) is 0 Å². The Labute approximate surface area is 99.0 Å². The van der Waals surface area contributed by atoms with E-state index in [1.807, 2.05) is 0 Å². The summed E-state index contributed by atoms with van der Waals surface area (Å²) in [4.78, 5) is 0. The highest BCUT2D eigenvalue weighted by atomic mass is 19.2. The molecule has 0 saturated heterocycles. The topological polar surface area (TPSA) is 0 Å². The van der Waals surface area contributed by atoms with Gasteiger partial charge in [0.1, 0.15) is 17.0 Å². The zero-order valence-corrected chi connectivity index (χ0v) is 9.76. The highest BCUT2D eigenvalue weighted by Gasteiger charge is 2.77. The fourth-order valence-electron chi connectivity index (χ4n) is 6.71. The van der Waals surface area contributed by atoms with Gasteiger partial charge >= 0.3 is 0 Å². The summed E-state index contributed by atoms with van der Waals surface area (Å²) in [7, 11) is 0. The predicted molar refractivity (Wildman–Crippen MR) is 56.7 cm³/mol. The molecular weight excluding hydrogens is 225 g/mol. The van der Waals surface area contributed by atoms with E-state index in [2.05, 4.69) is 0 Å². The zero-order chi connectivity index (χ0) is 11.6. The lowest BCUT2D eigenvalue weighted by molar-refractivity contribution is -0.304. The van der Waals surface area contributed by atoms with Crippen molar-refractivity contribution < 1.29 is 13.2 Å². The van der Waals surface area contributed by atoms with Crippen molar-refractivity contribution in [2.24, 2.45) is 29.6 Å². The van der Waals surface area contributed by atoms with Crippen LogP contribution in [0.1, 0.15) is 38.5 Å². The van der Waals surface area contributed by atoms with Crippen LogP contribution >= 0.6 is 0 Å². The van der Waals surface area contributed by atoms with Crippen molar-refractivity contribution >= 4 is 0 Å². The summed E-state index contributed by atoms with van der Waals surface area (Å²) in [5.41, 5.74) is -3.70. The summed E-state index contributed by atoms with van der Waals surface area (Å²) in [6, 6.07) is 0. The molecule has 0 aromatic rings. The molecule has 4 atom stereocenters. The van der Waals surface area contributed by atoms with E-state index in [4.69, 9.17) is 0 Å². The maximum absolute atomic E-state index is 15.2. The minimum Gasteiger partial charge on any atom is -0.244 e. The van der Waals surface area contributed by atoms with Crippen molar-refractivity contribution in [2.45, 2.75) is 55.5 Å². The van der Waals surface area contributed by atoms with Crippen LogP contribution in [0.5, 0.6) is 0 Å². The van der Waals surface area contributed by atoms with Gasteiger partial charge in [0.05, 0.1) is 0 Å². The number of alkyl halides is 3. The van der Waals surface area contributed by atoms with Gasteiger partial charge in [0, 0.05) is 6.42 Å². The molecule has 0 radical (unpaired) electrons. The van der Waals surface area contributed by atoms with Crippen LogP contribution in [0.2, 0.25) is 0 Å². The second kappa shape index (κ2) is 2.30. The number of halogens is 3. The molecule has 0 spiro atoms. The molecule has 0 aromatic carbocycles. The molecule has 4 unspecified atom stereocenters. The van der Waals surface area contributed by atoms with E-state index in [-0.39, 0.29) is 30.1 Å². The number of hydrogen-bond acceptors (Lipinski definition) is 0. The molecule has 0 aromatic heterocycles. The maximum atomic E-state index is 15.2. The van der Waals surface area contributed by atoms with Crippen molar-refractivity contribution in [2.75, 3.05) is 0 Å². The van der Waals surface area contributed by atoms with Crippen molar-refractivity contribution in [3.63, 3.8) is 0 Å². The minimum atomic E-state index is -1.35. The van der Waals surface area contributed by atoms with Gasteiger partial charge in [-0.3, -0.25) is 0 Å². The summed E-state index contributed by atoms with van der Waals surface area (Å²) in [5.74, 6) is 0.275. The van der Waals surface area contributed by atoms with Crippen molar-refractivity contribution in [1.82, 2.24) is 0 Å². The predicted octanol–water partition coefficient (Wildman–Crippen LogP) is 3.60. The zero-order valence-electron chi connectivity index (χ0n) is 9.76. The van der Waals surface area contributed by atoms with Crippen LogP contribution in [-0.2, 0) is 0 Å². The molecule has 0 aliphatic heterocycles. The highest BCUT2D eigenvalue weighted by Crippen LogP contribution is 2.76. The van der Waals surface area contributed by atoms with E-state index in [0.29, 0.717) is 38.0 Å². The van der Waals surface area contributed by atoms with E-state index in [9.17, 15) is 8.78 Å². The number of hydrogen-bond donors (Lipinski definition) is 0. The summed E-state index contributed by atoms with van der Waals surface area (Å²) in [6.07, 6.45) is 2.47. The minimum absolute atomic E-state index is 0.0745. The van der Waals surface area contributed by atoms with Gasteiger partial charge < -0.3 is 0 Å². The first-order chi connectivity index (χ1) is 7.93. The molecule has 7 saturated carbocycles. The van der Waals surface area contributed by atoms with Gasteiger partial charge in [0.15, 0.2) is 0 Å². The molecule has 94 valence electrons. The lowest BCUT2D eigenvalue weighted by atomic mass is 9.33. The largest absolute Gasteiger partial charge is 0.244 e. The average molecular weight is 242 g/mol. The van der Waals surface area contributed by atoms with E-state index in [1.54, 1.807) is 0 Å². The Morgan fingerprint density at radius 3 is 1.76 bits per heavy atom. The smallest absolute Gasteiger partial charge is 0.120 e. The van der Waals surface area contributed by atoms with Crippen molar-refractivity contribution in [1.29, 1.82) is 0 Å². The van der Waals surface area contributed by atoms with E-state index < -0.39 is 17.0 Å². The summed E-state index contributed by atoms with van der Waals surface area (Å²) < 4.78 is 44.4. The lowest BCUT2D eigenvalue weighted by Gasteiger charge is -2.73. The Morgan fingerprint density at radius 1 is 0.647 bits per heavy atom. The molecule has 7 aliphatic carbocycles. The third-order valence-electron chi connectivity index (χ3n) is 6.93. The molecule has 0 N–H and O–H groups in total. The fourth-order valence-corrected chi connectivity index (χ4v) is 6.71. The highest BCUT2D eigenvalue weighted by molar-refractivity contribution is 5.26. The van der Waals surface area contributed by atoms with Crippen LogP contribution in [0.25, 0.3) is 0 Å².